The Morgan fingerprint density at radius 1 is 1.11 bits per heavy atom. The highest BCUT2D eigenvalue weighted by atomic mass is 19.1. The van der Waals surface area contributed by atoms with Gasteiger partial charge in [-0.05, 0) is 56.6 Å². The van der Waals surface area contributed by atoms with Gasteiger partial charge in [-0.2, -0.15) is 0 Å². The summed E-state index contributed by atoms with van der Waals surface area (Å²) < 4.78 is 35.4. The molecule has 35 heavy (non-hydrogen) atoms. The van der Waals surface area contributed by atoms with Crippen molar-refractivity contribution in [1.29, 1.82) is 0 Å². The number of aromatic nitrogens is 4. The number of hydrogen-bond donors (Lipinski definition) is 2. The Morgan fingerprint density at radius 2 is 1.89 bits per heavy atom. The van der Waals surface area contributed by atoms with E-state index in [9.17, 15) is 13.6 Å². The van der Waals surface area contributed by atoms with Crippen LogP contribution in [0.2, 0.25) is 0 Å². The third-order valence-corrected chi connectivity index (χ3v) is 6.94. The fourth-order valence-corrected chi connectivity index (χ4v) is 5.14. The zero-order valence-electron chi connectivity index (χ0n) is 19.8. The summed E-state index contributed by atoms with van der Waals surface area (Å²) in [6, 6.07) is 3.64. The topological polar surface area (TPSA) is 94.0 Å². The molecule has 0 radical (unpaired) electrons. The molecule has 10 heteroatoms. The molecule has 2 aliphatic rings. The standard InChI is InChI=1S/C25H30F2N6O2/c1-15(34)29-18-3-5-19(6-4-18)33-24-22(14-28-23(32-24)12-16-8-10-35-11-9-16)31-25(33)30-21-7-2-17(26)13-20(21)27/h2,7,13-14,16,18-19H,3-6,8-12H2,1H3,(H,29,34)(H,30,31). The second-order valence-electron chi connectivity index (χ2n) is 9.52. The molecule has 3 heterocycles. The summed E-state index contributed by atoms with van der Waals surface area (Å²) in [6.45, 7) is 3.06. The van der Waals surface area contributed by atoms with Gasteiger partial charge in [0.05, 0.1) is 11.9 Å². The average Bonchev–Trinajstić information content (AvgIpc) is 3.19. The number of imidazole rings is 1. The summed E-state index contributed by atoms with van der Waals surface area (Å²) in [5.74, 6) is 0.339. The van der Waals surface area contributed by atoms with Crippen LogP contribution in [0, 0.1) is 17.6 Å². The number of fused-ring (bicyclic) bond motifs is 1. The number of carbonyl (C=O) groups excluding carboxylic acids is 1. The molecule has 1 aromatic carbocycles. The van der Waals surface area contributed by atoms with Crippen LogP contribution in [0.25, 0.3) is 11.2 Å². The van der Waals surface area contributed by atoms with Crippen LogP contribution in [0.15, 0.2) is 24.4 Å². The summed E-state index contributed by atoms with van der Waals surface area (Å²) in [6.07, 6.45) is 7.77. The van der Waals surface area contributed by atoms with E-state index in [4.69, 9.17) is 9.72 Å². The summed E-state index contributed by atoms with van der Waals surface area (Å²) in [5.41, 5.74) is 1.47. The maximum absolute atomic E-state index is 14.4. The van der Waals surface area contributed by atoms with Crippen molar-refractivity contribution in [3.8, 4) is 0 Å². The van der Waals surface area contributed by atoms with Crippen LogP contribution < -0.4 is 10.6 Å². The summed E-state index contributed by atoms with van der Waals surface area (Å²) in [5, 5.41) is 6.06. The number of anilines is 2. The molecule has 1 saturated carbocycles. The number of carbonyl (C=O) groups is 1. The fourth-order valence-electron chi connectivity index (χ4n) is 5.14. The Hall–Kier alpha value is -3.14. The van der Waals surface area contributed by atoms with Gasteiger partial charge in [-0.1, -0.05) is 0 Å². The Morgan fingerprint density at radius 3 is 2.60 bits per heavy atom. The predicted octanol–water partition coefficient (Wildman–Crippen LogP) is 4.44. The van der Waals surface area contributed by atoms with Gasteiger partial charge >= 0.3 is 0 Å². The molecule has 8 nitrogen and oxygen atoms in total. The van der Waals surface area contributed by atoms with Crippen LogP contribution in [0.3, 0.4) is 0 Å². The smallest absolute Gasteiger partial charge is 0.217 e. The summed E-state index contributed by atoms with van der Waals surface area (Å²) >= 11 is 0. The normalized spacial score (nSPS) is 21.2. The van der Waals surface area contributed by atoms with E-state index >= 15 is 0 Å². The SMILES string of the molecule is CC(=O)NC1CCC(n2c(Nc3ccc(F)cc3F)nc3cnc(CC4CCOCC4)nc32)CC1. The van der Waals surface area contributed by atoms with Crippen molar-refractivity contribution in [2.24, 2.45) is 5.92 Å². The predicted molar refractivity (Wildman–Crippen MR) is 127 cm³/mol. The van der Waals surface area contributed by atoms with E-state index in [1.54, 1.807) is 6.20 Å². The lowest BCUT2D eigenvalue weighted by atomic mass is 9.91. The van der Waals surface area contributed by atoms with Gasteiger partial charge < -0.3 is 15.4 Å². The number of ether oxygens (including phenoxy) is 1. The van der Waals surface area contributed by atoms with E-state index in [1.165, 1.54) is 19.1 Å². The highest BCUT2D eigenvalue weighted by Crippen LogP contribution is 2.35. The molecule has 2 aromatic heterocycles. The molecule has 5 rings (SSSR count). The zero-order chi connectivity index (χ0) is 24.4. The molecule has 1 amide bonds. The van der Waals surface area contributed by atoms with E-state index in [0.717, 1.165) is 70.1 Å². The Bertz CT molecular complexity index is 1200. The van der Waals surface area contributed by atoms with Gasteiger partial charge in [0.1, 0.15) is 23.0 Å². The van der Waals surface area contributed by atoms with Gasteiger partial charge in [0.2, 0.25) is 11.9 Å². The lowest BCUT2D eigenvalue weighted by Crippen LogP contribution is -2.36. The molecule has 1 saturated heterocycles. The lowest BCUT2D eigenvalue weighted by Gasteiger charge is -2.30. The zero-order valence-corrected chi connectivity index (χ0v) is 19.8. The van der Waals surface area contributed by atoms with Crippen LogP contribution in [0.5, 0.6) is 0 Å². The van der Waals surface area contributed by atoms with Crippen molar-refractivity contribution < 1.29 is 18.3 Å². The highest BCUT2D eigenvalue weighted by Gasteiger charge is 2.28. The van der Waals surface area contributed by atoms with E-state index < -0.39 is 11.6 Å². The molecule has 0 atom stereocenters. The van der Waals surface area contributed by atoms with Gasteiger partial charge in [-0.15, -0.1) is 0 Å². The minimum atomic E-state index is -0.690. The fraction of sp³-hybridized carbons (Fsp3) is 0.520. The van der Waals surface area contributed by atoms with Crippen molar-refractivity contribution in [2.45, 2.75) is 64.0 Å². The molecule has 3 aromatic rings. The number of rotatable bonds is 6. The van der Waals surface area contributed by atoms with E-state index in [1.807, 2.05) is 4.57 Å². The molecule has 0 bridgehead atoms. The molecule has 186 valence electrons. The maximum atomic E-state index is 14.4. The number of nitrogens with zero attached hydrogens (tertiary/aromatic N) is 4. The highest BCUT2D eigenvalue weighted by molar-refractivity contribution is 5.76. The maximum Gasteiger partial charge on any atom is 0.217 e. The number of benzene rings is 1. The van der Waals surface area contributed by atoms with E-state index in [2.05, 4.69) is 20.6 Å². The Balaban J connectivity index is 1.47. The third-order valence-electron chi connectivity index (χ3n) is 6.94. The van der Waals surface area contributed by atoms with Crippen LogP contribution in [0.4, 0.5) is 20.4 Å². The van der Waals surface area contributed by atoms with Gasteiger partial charge in [-0.3, -0.25) is 9.36 Å². The average molecular weight is 485 g/mol. The van der Waals surface area contributed by atoms with Gasteiger partial charge in [0.25, 0.3) is 0 Å². The summed E-state index contributed by atoms with van der Waals surface area (Å²) in [4.78, 5) is 25.6. The van der Waals surface area contributed by atoms with Crippen molar-refractivity contribution in [3.05, 3.63) is 41.9 Å². The molecule has 2 N–H and O–H groups in total. The van der Waals surface area contributed by atoms with Gasteiger partial charge in [-0.25, -0.2) is 23.7 Å². The summed E-state index contributed by atoms with van der Waals surface area (Å²) in [7, 11) is 0. The Labute approximate surface area is 202 Å². The van der Waals surface area contributed by atoms with Crippen molar-refractivity contribution >= 4 is 28.7 Å². The molecular weight excluding hydrogens is 454 g/mol. The first-order chi connectivity index (χ1) is 17.0. The quantitative estimate of drug-likeness (QED) is 0.537. The first kappa shape index (κ1) is 23.6. The molecular formula is C25H30F2N6O2. The van der Waals surface area contributed by atoms with Crippen LogP contribution >= 0.6 is 0 Å². The largest absolute Gasteiger partial charge is 0.381 e. The first-order valence-corrected chi connectivity index (χ1v) is 12.3. The second-order valence-corrected chi connectivity index (χ2v) is 9.52. The third kappa shape index (κ3) is 5.42. The van der Waals surface area contributed by atoms with E-state index in [-0.39, 0.29) is 23.7 Å². The van der Waals surface area contributed by atoms with Crippen molar-refractivity contribution in [3.63, 3.8) is 0 Å². The monoisotopic (exact) mass is 484 g/mol. The van der Waals surface area contributed by atoms with E-state index in [0.29, 0.717) is 23.0 Å². The van der Waals surface area contributed by atoms with Crippen molar-refractivity contribution in [1.82, 2.24) is 24.8 Å². The van der Waals surface area contributed by atoms with Crippen LogP contribution in [-0.2, 0) is 16.0 Å². The van der Waals surface area contributed by atoms with Crippen LogP contribution in [0.1, 0.15) is 57.3 Å². The number of halogens is 2. The number of amides is 1. The first-order valence-electron chi connectivity index (χ1n) is 12.3. The van der Waals surface area contributed by atoms with Crippen LogP contribution in [-0.4, -0.2) is 44.7 Å². The molecule has 1 aliphatic heterocycles. The molecule has 0 spiro atoms. The Kier molecular flexibility index (Phi) is 6.90. The molecule has 1 aliphatic carbocycles. The molecule has 0 unspecified atom stereocenters. The molecule has 2 fully saturated rings. The lowest BCUT2D eigenvalue weighted by molar-refractivity contribution is -0.119. The minimum Gasteiger partial charge on any atom is -0.381 e. The van der Waals surface area contributed by atoms with Crippen molar-refractivity contribution in [2.75, 3.05) is 18.5 Å². The minimum absolute atomic E-state index is 0.0267. The number of nitrogens with one attached hydrogen (secondary N) is 2. The van der Waals surface area contributed by atoms with Gasteiger partial charge in [0.15, 0.2) is 5.65 Å². The van der Waals surface area contributed by atoms with Gasteiger partial charge in [0, 0.05) is 44.7 Å². The second kappa shape index (κ2) is 10.2. The number of hydrogen-bond acceptors (Lipinski definition) is 6.